The van der Waals surface area contributed by atoms with Crippen LogP contribution >= 0.6 is 0 Å². The molecule has 142 valence electrons. The second-order valence-electron chi connectivity index (χ2n) is 7.26. The molecular formula is C20H32N6. The molecule has 0 amide bonds. The van der Waals surface area contributed by atoms with E-state index in [4.69, 9.17) is 4.99 Å². The van der Waals surface area contributed by atoms with Gasteiger partial charge in [0.05, 0.1) is 5.69 Å². The van der Waals surface area contributed by atoms with Crippen molar-refractivity contribution in [3.63, 3.8) is 0 Å². The maximum atomic E-state index is 4.76. The SMILES string of the molecule is CCNC(=NCCc1cn2ccccc2n1)NC1CCN(C(C)C)CC1. The molecule has 2 aromatic heterocycles. The van der Waals surface area contributed by atoms with E-state index in [0.29, 0.717) is 12.1 Å². The molecule has 0 unspecified atom stereocenters. The fraction of sp³-hybridized carbons (Fsp3) is 0.600. The first-order chi connectivity index (χ1) is 12.7. The number of piperidine rings is 1. The Balaban J connectivity index is 1.52. The van der Waals surface area contributed by atoms with Crippen LogP contribution in [-0.2, 0) is 6.42 Å². The van der Waals surface area contributed by atoms with E-state index < -0.39 is 0 Å². The molecule has 0 spiro atoms. The Kier molecular flexibility index (Phi) is 6.50. The molecule has 0 saturated carbocycles. The monoisotopic (exact) mass is 356 g/mol. The van der Waals surface area contributed by atoms with E-state index in [2.05, 4.69) is 51.9 Å². The molecule has 0 bridgehead atoms. The fourth-order valence-corrected chi connectivity index (χ4v) is 3.46. The number of nitrogens with one attached hydrogen (secondary N) is 2. The highest BCUT2D eigenvalue weighted by Crippen LogP contribution is 2.12. The lowest BCUT2D eigenvalue weighted by molar-refractivity contribution is 0.167. The van der Waals surface area contributed by atoms with Gasteiger partial charge in [0.1, 0.15) is 5.65 Å². The minimum absolute atomic E-state index is 0.512. The molecule has 6 nitrogen and oxygen atoms in total. The van der Waals surface area contributed by atoms with Crippen LogP contribution in [0.5, 0.6) is 0 Å². The van der Waals surface area contributed by atoms with Gasteiger partial charge in [0.25, 0.3) is 0 Å². The number of nitrogens with zero attached hydrogens (tertiary/aromatic N) is 4. The quantitative estimate of drug-likeness (QED) is 0.616. The molecule has 0 radical (unpaired) electrons. The van der Waals surface area contributed by atoms with E-state index in [-0.39, 0.29) is 0 Å². The third kappa shape index (κ3) is 4.97. The molecule has 1 fully saturated rings. The Bertz CT molecular complexity index is 679. The van der Waals surface area contributed by atoms with Crippen LogP contribution in [-0.4, -0.2) is 58.5 Å². The number of likely N-dealkylation sites (tertiary alicyclic amines) is 1. The van der Waals surface area contributed by atoms with Crippen molar-refractivity contribution in [1.29, 1.82) is 0 Å². The van der Waals surface area contributed by atoms with Crippen LogP contribution in [0.25, 0.3) is 5.65 Å². The number of aliphatic imine (C=N–C) groups is 1. The second-order valence-corrected chi connectivity index (χ2v) is 7.26. The summed E-state index contributed by atoms with van der Waals surface area (Å²) in [7, 11) is 0. The van der Waals surface area contributed by atoms with Gasteiger partial charge in [0.15, 0.2) is 5.96 Å². The summed E-state index contributed by atoms with van der Waals surface area (Å²) >= 11 is 0. The highest BCUT2D eigenvalue weighted by molar-refractivity contribution is 5.80. The van der Waals surface area contributed by atoms with Gasteiger partial charge in [-0.1, -0.05) is 6.07 Å². The maximum absolute atomic E-state index is 4.76. The number of fused-ring (bicyclic) bond motifs is 1. The minimum atomic E-state index is 0.512. The Hall–Kier alpha value is -2.08. The van der Waals surface area contributed by atoms with Crippen LogP contribution in [0, 0.1) is 0 Å². The molecule has 0 atom stereocenters. The van der Waals surface area contributed by atoms with E-state index in [0.717, 1.165) is 49.9 Å². The predicted octanol–water partition coefficient (Wildman–Crippen LogP) is 2.30. The van der Waals surface area contributed by atoms with Gasteiger partial charge in [-0.05, 0) is 45.7 Å². The van der Waals surface area contributed by atoms with Crippen molar-refractivity contribution in [3.8, 4) is 0 Å². The van der Waals surface area contributed by atoms with Gasteiger partial charge in [-0.25, -0.2) is 4.98 Å². The summed E-state index contributed by atoms with van der Waals surface area (Å²) in [6.07, 6.45) is 7.32. The zero-order valence-corrected chi connectivity index (χ0v) is 16.3. The molecule has 1 aliphatic rings. The first-order valence-electron chi connectivity index (χ1n) is 9.87. The van der Waals surface area contributed by atoms with E-state index in [1.807, 2.05) is 24.4 Å². The van der Waals surface area contributed by atoms with Gasteiger partial charge >= 0.3 is 0 Å². The zero-order chi connectivity index (χ0) is 18.4. The first kappa shape index (κ1) is 18.7. The van der Waals surface area contributed by atoms with Gasteiger partial charge < -0.3 is 19.9 Å². The van der Waals surface area contributed by atoms with Gasteiger partial charge in [-0.2, -0.15) is 0 Å². The summed E-state index contributed by atoms with van der Waals surface area (Å²) in [5.41, 5.74) is 2.08. The average molecular weight is 357 g/mol. The summed E-state index contributed by atoms with van der Waals surface area (Å²) in [6, 6.07) is 7.22. The Morgan fingerprint density at radius 2 is 2.12 bits per heavy atom. The van der Waals surface area contributed by atoms with Gasteiger partial charge in [0.2, 0.25) is 0 Å². The topological polar surface area (TPSA) is 57.0 Å². The molecule has 2 aromatic rings. The van der Waals surface area contributed by atoms with Crippen molar-refractivity contribution in [1.82, 2.24) is 24.9 Å². The number of aromatic nitrogens is 2. The summed E-state index contributed by atoms with van der Waals surface area (Å²) in [5, 5.41) is 6.99. The lowest BCUT2D eigenvalue weighted by Gasteiger charge is -2.35. The largest absolute Gasteiger partial charge is 0.357 e. The summed E-state index contributed by atoms with van der Waals surface area (Å²) in [5.74, 6) is 0.930. The Morgan fingerprint density at radius 3 is 2.81 bits per heavy atom. The lowest BCUT2D eigenvalue weighted by Crippen LogP contribution is -2.49. The van der Waals surface area contributed by atoms with Crippen molar-refractivity contribution in [2.24, 2.45) is 4.99 Å². The van der Waals surface area contributed by atoms with Crippen molar-refractivity contribution in [2.75, 3.05) is 26.2 Å². The number of imidazole rings is 1. The van der Waals surface area contributed by atoms with E-state index in [1.54, 1.807) is 0 Å². The average Bonchev–Trinajstić information content (AvgIpc) is 3.05. The number of pyridine rings is 1. The molecule has 0 aromatic carbocycles. The summed E-state index contributed by atoms with van der Waals surface area (Å²) < 4.78 is 2.06. The second kappa shape index (κ2) is 9.03. The number of rotatable bonds is 6. The van der Waals surface area contributed by atoms with Crippen molar-refractivity contribution in [3.05, 3.63) is 36.3 Å². The highest BCUT2D eigenvalue weighted by atomic mass is 15.2. The third-order valence-corrected chi connectivity index (χ3v) is 5.00. The number of hydrogen-bond donors (Lipinski definition) is 2. The van der Waals surface area contributed by atoms with Crippen LogP contribution < -0.4 is 10.6 Å². The third-order valence-electron chi connectivity index (χ3n) is 5.00. The molecule has 26 heavy (non-hydrogen) atoms. The molecule has 0 aliphatic carbocycles. The Morgan fingerprint density at radius 1 is 1.31 bits per heavy atom. The lowest BCUT2D eigenvalue weighted by atomic mass is 10.0. The molecule has 1 aliphatic heterocycles. The molecule has 3 rings (SSSR count). The van der Waals surface area contributed by atoms with Crippen LogP contribution in [0.2, 0.25) is 0 Å². The van der Waals surface area contributed by atoms with E-state index in [1.165, 1.54) is 12.8 Å². The van der Waals surface area contributed by atoms with Crippen LogP contribution in [0.3, 0.4) is 0 Å². The molecule has 2 N–H and O–H groups in total. The summed E-state index contributed by atoms with van der Waals surface area (Å²) in [4.78, 5) is 11.9. The van der Waals surface area contributed by atoms with Gasteiger partial charge in [-0.3, -0.25) is 4.99 Å². The number of hydrogen-bond acceptors (Lipinski definition) is 3. The standard InChI is InChI=1S/C20H32N6/c1-4-21-20(24-17-9-13-25(14-10-17)16(2)3)22-11-8-18-15-26-12-6-5-7-19(26)23-18/h5-7,12,15-17H,4,8-11,13-14H2,1-3H3,(H2,21,22,24). The Labute approximate surface area is 156 Å². The first-order valence-corrected chi connectivity index (χ1v) is 9.87. The van der Waals surface area contributed by atoms with Crippen LogP contribution in [0.1, 0.15) is 39.3 Å². The summed E-state index contributed by atoms with van der Waals surface area (Å²) in [6.45, 7) is 10.6. The fourth-order valence-electron chi connectivity index (χ4n) is 3.46. The van der Waals surface area contributed by atoms with Crippen LogP contribution in [0.15, 0.2) is 35.6 Å². The highest BCUT2D eigenvalue weighted by Gasteiger charge is 2.21. The molecule has 1 saturated heterocycles. The number of guanidine groups is 1. The zero-order valence-electron chi connectivity index (χ0n) is 16.3. The van der Waals surface area contributed by atoms with Gasteiger partial charge in [-0.15, -0.1) is 0 Å². The van der Waals surface area contributed by atoms with Crippen molar-refractivity contribution >= 4 is 11.6 Å². The smallest absolute Gasteiger partial charge is 0.191 e. The molecule has 3 heterocycles. The van der Waals surface area contributed by atoms with E-state index >= 15 is 0 Å². The molecule has 6 heteroatoms. The van der Waals surface area contributed by atoms with E-state index in [9.17, 15) is 0 Å². The normalized spacial score (nSPS) is 17.2. The minimum Gasteiger partial charge on any atom is -0.357 e. The molecular weight excluding hydrogens is 324 g/mol. The van der Waals surface area contributed by atoms with Crippen molar-refractivity contribution in [2.45, 2.75) is 52.1 Å². The maximum Gasteiger partial charge on any atom is 0.191 e. The van der Waals surface area contributed by atoms with Crippen molar-refractivity contribution < 1.29 is 0 Å². The van der Waals surface area contributed by atoms with Crippen LogP contribution in [0.4, 0.5) is 0 Å². The van der Waals surface area contributed by atoms with Gasteiger partial charge in [0, 0.05) is 57.1 Å². The predicted molar refractivity (Wildman–Crippen MR) is 108 cm³/mol.